The molecule has 1 aliphatic heterocycles. The SMILES string of the molecule is Cc1ccc(CSc2nc3ccc(C(=O)NCCCN4CCCC4=O)cc3n2C)cc1. The number of aryl methyl sites for hydroxylation is 2. The molecule has 2 heterocycles. The van der Waals surface area contributed by atoms with Gasteiger partial charge in [-0.25, -0.2) is 4.98 Å². The first-order valence-electron chi connectivity index (χ1n) is 10.7. The third kappa shape index (κ3) is 5.10. The Kier molecular flexibility index (Phi) is 6.61. The number of likely N-dealkylation sites (tertiary alicyclic amines) is 1. The Morgan fingerprint density at radius 2 is 2.00 bits per heavy atom. The number of carbonyl (C=O) groups is 2. The van der Waals surface area contributed by atoms with E-state index >= 15 is 0 Å². The lowest BCUT2D eigenvalue weighted by Crippen LogP contribution is -2.30. The predicted octanol–water partition coefficient (Wildman–Crippen LogP) is 3.92. The minimum Gasteiger partial charge on any atom is -0.352 e. The summed E-state index contributed by atoms with van der Waals surface area (Å²) >= 11 is 1.69. The Morgan fingerprint density at radius 1 is 1.19 bits per heavy atom. The fraction of sp³-hybridized carbons (Fsp3) is 0.375. The van der Waals surface area contributed by atoms with E-state index in [1.165, 1.54) is 11.1 Å². The highest BCUT2D eigenvalue weighted by molar-refractivity contribution is 7.98. The summed E-state index contributed by atoms with van der Waals surface area (Å²) in [4.78, 5) is 30.8. The zero-order valence-electron chi connectivity index (χ0n) is 18.1. The van der Waals surface area contributed by atoms with Crippen molar-refractivity contribution in [1.82, 2.24) is 19.8 Å². The summed E-state index contributed by atoms with van der Waals surface area (Å²) in [6, 6.07) is 14.2. The van der Waals surface area contributed by atoms with Crippen LogP contribution in [-0.4, -0.2) is 45.9 Å². The summed E-state index contributed by atoms with van der Waals surface area (Å²) in [5, 5.41) is 3.90. The minimum absolute atomic E-state index is 0.0929. The lowest BCUT2D eigenvalue weighted by atomic mass is 10.2. The molecule has 0 aliphatic carbocycles. The fourth-order valence-electron chi connectivity index (χ4n) is 3.78. The van der Waals surface area contributed by atoms with Crippen molar-refractivity contribution in [3.8, 4) is 0 Å². The molecule has 1 N–H and O–H groups in total. The molecular weight excluding hydrogens is 408 g/mol. The van der Waals surface area contributed by atoms with Crippen LogP contribution in [0.25, 0.3) is 11.0 Å². The standard InChI is InChI=1S/C24H28N4O2S/c1-17-6-8-18(9-7-17)16-31-24-26-20-11-10-19(15-21(20)27(24)2)23(30)25-12-4-14-28-13-3-5-22(28)29/h6-11,15H,3-5,12-14,16H2,1-2H3,(H,25,30). The van der Waals surface area contributed by atoms with Crippen LogP contribution >= 0.6 is 11.8 Å². The number of benzene rings is 2. The van der Waals surface area contributed by atoms with Crippen molar-refractivity contribution in [1.29, 1.82) is 0 Å². The first-order valence-corrected chi connectivity index (χ1v) is 11.7. The summed E-state index contributed by atoms with van der Waals surface area (Å²) in [6.07, 6.45) is 2.37. The van der Waals surface area contributed by atoms with Crippen LogP contribution in [0.15, 0.2) is 47.6 Å². The highest BCUT2D eigenvalue weighted by atomic mass is 32.2. The summed E-state index contributed by atoms with van der Waals surface area (Å²) in [5.41, 5.74) is 4.98. The van der Waals surface area contributed by atoms with Crippen molar-refractivity contribution in [3.05, 3.63) is 59.2 Å². The molecule has 1 aromatic heterocycles. The number of imidazole rings is 1. The van der Waals surface area contributed by atoms with Gasteiger partial charge in [-0.15, -0.1) is 0 Å². The summed E-state index contributed by atoms with van der Waals surface area (Å²) in [7, 11) is 1.99. The first-order chi connectivity index (χ1) is 15.0. The van der Waals surface area contributed by atoms with Crippen molar-refractivity contribution >= 4 is 34.6 Å². The molecule has 0 spiro atoms. The molecular formula is C24H28N4O2S. The number of amides is 2. The molecule has 162 valence electrons. The van der Waals surface area contributed by atoms with Gasteiger partial charge >= 0.3 is 0 Å². The average Bonchev–Trinajstić information content (AvgIpc) is 3.33. The molecule has 2 aromatic carbocycles. The van der Waals surface area contributed by atoms with Gasteiger partial charge in [-0.3, -0.25) is 9.59 Å². The van der Waals surface area contributed by atoms with Crippen LogP contribution in [-0.2, 0) is 17.6 Å². The van der Waals surface area contributed by atoms with Gasteiger partial charge in [-0.1, -0.05) is 41.6 Å². The largest absolute Gasteiger partial charge is 0.352 e. The van der Waals surface area contributed by atoms with E-state index in [1.807, 2.05) is 34.7 Å². The molecule has 3 aromatic rings. The van der Waals surface area contributed by atoms with Gasteiger partial charge in [0.2, 0.25) is 5.91 Å². The van der Waals surface area contributed by atoms with Crippen molar-refractivity contribution in [2.24, 2.45) is 7.05 Å². The second-order valence-electron chi connectivity index (χ2n) is 8.02. The Hall–Kier alpha value is -2.80. The Morgan fingerprint density at radius 3 is 2.74 bits per heavy atom. The number of thioether (sulfide) groups is 1. The Balaban J connectivity index is 1.35. The third-order valence-electron chi connectivity index (χ3n) is 5.65. The molecule has 0 atom stereocenters. The lowest BCUT2D eigenvalue weighted by molar-refractivity contribution is -0.127. The number of rotatable bonds is 8. The van der Waals surface area contributed by atoms with Gasteiger partial charge in [0.05, 0.1) is 11.0 Å². The van der Waals surface area contributed by atoms with Crippen LogP contribution in [0.4, 0.5) is 0 Å². The number of fused-ring (bicyclic) bond motifs is 1. The fourth-order valence-corrected chi connectivity index (χ4v) is 4.73. The van der Waals surface area contributed by atoms with Gasteiger partial charge in [-0.2, -0.15) is 0 Å². The van der Waals surface area contributed by atoms with E-state index in [4.69, 9.17) is 4.98 Å². The van der Waals surface area contributed by atoms with Crippen LogP contribution in [0.1, 0.15) is 40.7 Å². The van der Waals surface area contributed by atoms with E-state index in [0.717, 1.165) is 41.3 Å². The maximum atomic E-state index is 12.6. The van der Waals surface area contributed by atoms with E-state index in [1.54, 1.807) is 11.8 Å². The Bertz CT molecular complexity index is 1090. The predicted molar refractivity (Wildman–Crippen MR) is 124 cm³/mol. The van der Waals surface area contributed by atoms with Gasteiger partial charge in [0.25, 0.3) is 5.91 Å². The second kappa shape index (κ2) is 9.56. The van der Waals surface area contributed by atoms with Crippen molar-refractivity contribution in [3.63, 3.8) is 0 Å². The summed E-state index contributed by atoms with van der Waals surface area (Å²) in [5.74, 6) is 0.985. The molecule has 2 amide bonds. The molecule has 7 heteroatoms. The zero-order valence-corrected chi connectivity index (χ0v) is 18.9. The van der Waals surface area contributed by atoms with E-state index in [0.29, 0.717) is 25.1 Å². The molecule has 0 bridgehead atoms. The summed E-state index contributed by atoms with van der Waals surface area (Å²) in [6.45, 7) is 4.20. The maximum Gasteiger partial charge on any atom is 0.251 e. The van der Waals surface area contributed by atoms with E-state index in [9.17, 15) is 9.59 Å². The van der Waals surface area contributed by atoms with E-state index in [-0.39, 0.29) is 11.8 Å². The average molecular weight is 437 g/mol. The number of nitrogens with one attached hydrogen (secondary N) is 1. The molecule has 1 saturated heterocycles. The van der Waals surface area contributed by atoms with Crippen molar-refractivity contribution in [2.45, 2.75) is 37.1 Å². The molecule has 0 radical (unpaired) electrons. The van der Waals surface area contributed by atoms with Crippen LogP contribution in [0.2, 0.25) is 0 Å². The molecule has 1 aliphatic rings. The quantitative estimate of drug-likeness (QED) is 0.429. The number of carbonyl (C=O) groups excluding carboxylic acids is 2. The van der Waals surface area contributed by atoms with Crippen LogP contribution in [0.3, 0.4) is 0 Å². The first kappa shape index (κ1) is 21.4. The number of hydrogen-bond acceptors (Lipinski definition) is 4. The van der Waals surface area contributed by atoms with Gasteiger partial charge in [0.1, 0.15) is 0 Å². The van der Waals surface area contributed by atoms with Crippen LogP contribution in [0, 0.1) is 6.92 Å². The number of aromatic nitrogens is 2. The summed E-state index contributed by atoms with van der Waals surface area (Å²) < 4.78 is 2.05. The lowest BCUT2D eigenvalue weighted by Gasteiger charge is -2.15. The van der Waals surface area contributed by atoms with E-state index < -0.39 is 0 Å². The topological polar surface area (TPSA) is 67.2 Å². The highest BCUT2D eigenvalue weighted by Crippen LogP contribution is 2.26. The zero-order chi connectivity index (χ0) is 21.8. The smallest absolute Gasteiger partial charge is 0.251 e. The number of nitrogens with zero attached hydrogens (tertiary/aromatic N) is 3. The molecule has 4 rings (SSSR count). The van der Waals surface area contributed by atoms with Crippen molar-refractivity contribution < 1.29 is 9.59 Å². The highest BCUT2D eigenvalue weighted by Gasteiger charge is 2.19. The normalized spacial score (nSPS) is 13.9. The van der Waals surface area contributed by atoms with Gasteiger partial charge in [0.15, 0.2) is 5.16 Å². The Labute approximate surface area is 187 Å². The monoisotopic (exact) mass is 436 g/mol. The van der Waals surface area contributed by atoms with Crippen molar-refractivity contribution in [2.75, 3.05) is 19.6 Å². The molecule has 31 heavy (non-hydrogen) atoms. The second-order valence-corrected chi connectivity index (χ2v) is 8.97. The third-order valence-corrected chi connectivity index (χ3v) is 6.75. The number of hydrogen-bond donors (Lipinski definition) is 1. The van der Waals surface area contributed by atoms with Crippen LogP contribution in [0.5, 0.6) is 0 Å². The van der Waals surface area contributed by atoms with Gasteiger partial charge in [-0.05, 0) is 43.5 Å². The molecule has 0 saturated carbocycles. The van der Waals surface area contributed by atoms with Gasteiger partial charge in [0, 0.05) is 44.4 Å². The molecule has 1 fully saturated rings. The minimum atomic E-state index is -0.0929. The maximum absolute atomic E-state index is 12.6. The van der Waals surface area contributed by atoms with Gasteiger partial charge < -0.3 is 14.8 Å². The molecule has 0 unspecified atom stereocenters. The van der Waals surface area contributed by atoms with Crippen LogP contribution < -0.4 is 5.32 Å². The van der Waals surface area contributed by atoms with E-state index in [2.05, 4.69) is 36.5 Å². The molecule has 6 nitrogen and oxygen atoms in total.